The minimum absolute atomic E-state index is 0.0558. The highest BCUT2D eigenvalue weighted by Gasteiger charge is 2.09. The second kappa shape index (κ2) is 5.77. The molecular weight excluding hydrogens is 287 g/mol. The second-order valence-electron chi connectivity index (χ2n) is 4.68. The molecule has 0 fully saturated rings. The van der Waals surface area contributed by atoms with Crippen molar-refractivity contribution in [1.29, 1.82) is 0 Å². The normalized spacial score (nSPS) is 10.6. The standard InChI is InChI=1S/C16H11FN2O3/c17-13-7-11-3-2-6-18-16(11)12(8-13)10-22-15-5-1-4-14(9-15)19(20)21/h1-9H,10H2. The van der Waals surface area contributed by atoms with E-state index >= 15 is 0 Å². The number of rotatable bonds is 4. The largest absolute Gasteiger partial charge is 0.489 e. The first-order valence-electron chi connectivity index (χ1n) is 6.54. The van der Waals surface area contributed by atoms with Crippen LogP contribution in [0.25, 0.3) is 10.9 Å². The fourth-order valence-corrected chi connectivity index (χ4v) is 2.19. The Hall–Kier alpha value is -3.02. The summed E-state index contributed by atoms with van der Waals surface area (Å²) in [6, 6.07) is 12.1. The predicted octanol–water partition coefficient (Wildman–Crippen LogP) is 3.86. The van der Waals surface area contributed by atoms with Gasteiger partial charge in [-0.2, -0.15) is 0 Å². The van der Waals surface area contributed by atoms with Gasteiger partial charge in [0.05, 0.1) is 16.5 Å². The first-order valence-corrected chi connectivity index (χ1v) is 6.54. The van der Waals surface area contributed by atoms with Crippen molar-refractivity contribution in [3.05, 3.63) is 76.2 Å². The number of nitrogens with zero attached hydrogens (tertiary/aromatic N) is 2. The molecule has 2 aromatic carbocycles. The second-order valence-corrected chi connectivity index (χ2v) is 4.68. The number of ether oxygens (including phenoxy) is 1. The summed E-state index contributed by atoms with van der Waals surface area (Å²) in [7, 11) is 0. The third kappa shape index (κ3) is 2.85. The molecule has 1 heterocycles. The maximum absolute atomic E-state index is 13.6. The lowest BCUT2D eigenvalue weighted by Crippen LogP contribution is -1.99. The molecule has 3 aromatic rings. The summed E-state index contributed by atoms with van der Waals surface area (Å²) in [4.78, 5) is 14.5. The SMILES string of the molecule is O=[N+]([O-])c1cccc(OCc2cc(F)cc3cccnc23)c1. The molecule has 0 spiro atoms. The molecule has 0 aliphatic carbocycles. The van der Waals surface area contributed by atoms with Crippen molar-refractivity contribution in [3.8, 4) is 5.75 Å². The number of nitro groups is 1. The Balaban J connectivity index is 1.88. The van der Waals surface area contributed by atoms with E-state index in [4.69, 9.17) is 4.74 Å². The zero-order valence-electron chi connectivity index (χ0n) is 11.4. The number of pyridine rings is 1. The quantitative estimate of drug-likeness (QED) is 0.542. The summed E-state index contributed by atoms with van der Waals surface area (Å²) in [5.41, 5.74) is 1.18. The van der Waals surface area contributed by atoms with Gasteiger partial charge < -0.3 is 4.74 Å². The number of aromatic nitrogens is 1. The number of benzene rings is 2. The maximum atomic E-state index is 13.6. The zero-order chi connectivity index (χ0) is 15.5. The van der Waals surface area contributed by atoms with E-state index in [2.05, 4.69) is 4.98 Å². The molecule has 1 aromatic heterocycles. The van der Waals surface area contributed by atoms with Crippen molar-refractivity contribution in [3.63, 3.8) is 0 Å². The average Bonchev–Trinajstić information content (AvgIpc) is 2.52. The number of non-ortho nitro benzene ring substituents is 1. The molecule has 3 rings (SSSR count). The van der Waals surface area contributed by atoms with Crippen molar-refractivity contribution in [2.45, 2.75) is 6.61 Å². The lowest BCUT2D eigenvalue weighted by atomic mass is 10.1. The molecule has 0 aliphatic heterocycles. The third-order valence-electron chi connectivity index (χ3n) is 3.17. The summed E-state index contributed by atoms with van der Waals surface area (Å²) in [5.74, 6) is -0.0271. The monoisotopic (exact) mass is 298 g/mol. The molecule has 0 saturated carbocycles. The van der Waals surface area contributed by atoms with Gasteiger partial charge in [0, 0.05) is 23.2 Å². The van der Waals surface area contributed by atoms with Gasteiger partial charge in [-0.15, -0.1) is 0 Å². The van der Waals surface area contributed by atoms with Crippen LogP contribution in [0.5, 0.6) is 5.75 Å². The van der Waals surface area contributed by atoms with E-state index in [1.165, 1.54) is 30.3 Å². The van der Waals surface area contributed by atoms with E-state index < -0.39 is 4.92 Å². The van der Waals surface area contributed by atoms with Crippen LogP contribution in [0.1, 0.15) is 5.56 Å². The van der Waals surface area contributed by atoms with Gasteiger partial charge in [0.2, 0.25) is 0 Å². The summed E-state index contributed by atoms with van der Waals surface area (Å²) >= 11 is 0. The summed E-state index contributed by atoms with van der Waals surface area (Å²) < 4.78 is 19.2. The van der Waals surface area contributed by atoms with Crippen molar-refractivity contribution >= 4 is 16.6 Å². The van der Waals surface area contributed by atoms with E-state index in [1.54, 1.807) is 24.4 Å². The molecule has 5 nitrogen and oxygen atoms in total. The van der Waals surface area contributed by atoms with Gasteiger partial charge in [0.25, 0.3) is 5.69 Å². The minimum Gasteiger partial charge on any atom is -0.489 e. The van der Waals surface area contributed by atoms with E-state index in [1.807, 2.05) is 0 Å². The van der Waals surface area contributed by atoms with Crippen LogP contribution < -0.4 is 4.74 Å². The van der Waals surface area contributed by atoms with E-state index in [9.17, 15) is 14.5 Å². The first-order chi connectivity index (χ1) is 10.6. The molecule has 0 radical (unpaired) electrons. The van der Waals surface area contributed by atoms with E-state index in [-0.39, 0.29) is 18.1 Å². The van der Waals surface area contributed by atoms with Gasteiger partial charge in [-0.05, 0) is 24.3 Å². The van der Waals surface area contributed by atoms with Crippen molar-refractivity contribution in [2.75, 3.05) is 0 Å². The Kier molecular flexibility index (Phi) is 3.65. The number of hydrogen-bond acceptors (Lipinski definition) is 4. The number of halogens is 1. The Morgan fingerprint density at radius 3 is 2.86 bits per heavy atom. The molecule has 110 valence electrons. The van der Waals surface area contributed by atoms with Crippen LogP contribution in [-0.4, -0.2) is 9.91 Å². The van der Waals surface area contributed by atoms with Crippen molar-refractivity contribution < 1.29 is 14.1 Å². The van der Waals surface area contributed by atoms with Crippen LogP contribution in [0.4, 0.5) is 10.1 Å². The van der Waals surface area contributed by atoms with Crippen LogP contribution in [0.2, 0.25) is 0 Å². The van der Waals surface area contributed by atoms with Crippen LogP contribution >= 0.6 is 0 Å². The van der Waals surface area contributed by atoms with Crippen molar-refractivity contribution in [1.82, 2.24) is 4.98 Å². The molecule has 0 bridgehead atoms. The molecule has 6 heteroatoms. The molecule has 0 amide bonds. The molecule has 0 saturated heterocycles. The summed E-state index contributed by atoms with van der Waals surface area (Å²) in [5, 5.41) is 11.4. The van der Waals surface area contributed by atoms with Gasteiger partial charge in [0.15, 0.2) is 0 Å². The lowest BCUT2D eigenvalue weighted by Gasteiger charge is -2.08. The smallest absolute Gasteiger partial charge is 0.273 e. The average molecular weight is 298 g/mol. The highest BCUT2D eigenvalue weighted by Crippen LogP contribution is 2.23. The number of nitro benzene ring substituents is 1. The van der Waals surface area contributed by atoms with Gasteiger partial charge in [0.1, 0.15) is 18.2 Å². The Bertz CT molecular complexity index is 852. The zero-order valence-corrected chi connectivity index (χ0v) is 11.4. The van der Waals surface area contributed by atoms with Gasteiger partial charge >= 0.3 is 0 Å². The summed E-state index contributed by atoms with van der Waals surface area (Å²) in [6.07, 6.45) is 1.62. The Morgan fingerprint density at radius 2 is 2.05 bits per heavy atom. The fraction of sp³-hybridized carbons (Fsp3) is 0.0625. The molecular formula is C16H11FN2O3. The van der Waals surface area contributed by atoms with Crippen LogP contribution in [-0.2, 0) is 6.61 Å². The molecule has 0 aliphatic rings. The highest BCUT2D eigenvalue weighted by molar-refractivity contribution is 5.81. The first kappa shape index (κ1) is 13.9. The minimum atomic E-state index is -0.494. The molecule has 0 N–H and O–H groups in total. The van der Waals surface area contributed by atoms with Gasteiger partial charge in [-0.25, -0.2) is 4.39 Å². The lowest BCUT2D eigenvalue weighted by molar-refractivity contribution is -0.384. The van der Waals surface area contributed by atoms with Crippen LogP contribution in [0, 0.1) is 15.9 Å². The van der Waals surface area contributed by atoms with Gasteiger partial charge in [-0.3, -0.25) is 15.1 Å². The third-order valence-corrected chi connectivity index (χ3v) is 3.17. The van der Waals surface area contributed by atoms with Crippen LogP contribution in [0.15, 0.2) is 54.7 Å². The highest BCUT2D eigenvalue weighted by atomic mass is 19.1. The van der Waals surface area contributed by atoms with E-state index in [0.29, 0.717) is 22.2 Å². The predicted molar refractivity (Wildman–Crippen MR) is 79.1 cm³/mol. The maximum Gasteiger partial charge on any atom is 0.273 e. The summed E-state index contributed by atoms with van der Waals surface area (Å²) in [6.45, 7) is 0.0758. The Morgan fingerprint density at radius 1 is 1.18 bits per heavy atom. The Labute approximate surface area is 125 Å². The fourth-order valence-electron chi connectivity index (χ4n) is 2.19. The van der Waals surface area contributed by atoms with Gasteiger partial charge in [-0.1, -0.05) is 12.1 Å². The number of fused-ring (bicyclic) bond motifs is 1. The number of hydrogen-bond donors (Lipinski definition) is 0. The molecule has 0 unspecified atom stereocenters. The van der Waals surface area contributed by atoms with Crippen LogP contribution in [0.3, 0.4) is 0 Å². The van der Waals surface area contributed by atoms with E-state index in [0.717, 1.165) is 0 Å². The molecule has 0 atom stereocenters. The topological polar surface area (TPSA) is 65.3 Å². The van der Waals surface area contributed by atoms with Crippen molar-refractivity contribution in [2.24, 2.45) is 0 Å². The molecule has 22 heavy (non-hydrogen) atoms.